The first-order chi connectivity index (χ1) is 9.00. The quantitative estimate of drug-likeness (QED) is 0.922. The van der Waals surface area contributed by atoms with Crippen molar-refractivity contribution in [2.24, 2.45) is 5.73 Å². The summed E-state index contributed by atoms with van der Waals surface area (Å²) in [5, 5.41) is 1.80. The van der Waals surface area contributed by atoms with Crippen molar-refractivity contribution in [2.75, 3.05) is 6.54 Å². The number of alkyl halides is 3. The zero-order valence-corrected chi connectivity index (χ0v) is 10.2. The molecule has 0 fully saturated rings. The molecule has 2 aromatic carbocycles. The van der Waals surface area contributed by atoms with Crippen LogP contribution in [0.15, 0.2) is 42.5 Å². The second-order valence-corrected chi connectivity index (χ2v) is 4.23. The van der Waals surface area contributed by atoms with Gasteiger partial charge in [0.1, 0.15) is 5.75 Å². The molecule has 0 saturated carbocycles. The van der Waals surface area contributed by atoms with Crippen molar-refractivity contribution < 1.29 is 17.9 Å². The Labute approximate surface area is 109 Å². The maximum atomic E-state index is 12.7. The van der Waals surface area contributed by atoms with Gasteiger partial charge in [0.2, 0.25) is 0 Å². The minimum atomic E-state index is -4.41. The third-order valence-corrected chi connectivity index (χ3v) is 2.79. The number of halogens is 3. The van der Waals surface area contributed by atoms with Gasteiger partial charge in [0.25, 0.3) is 0 Å². The van der Waals surface area contributed by atoms with E-state index in [1.165, 1.54) is 6.07 Å². The maximum absolute atomic E-state index is 12.7. The van der Waals surface area contributed by atoms with E-state index in [1.54, 1.807) is 12.1 Å². The zero-order chi connectivity index (χ0) is 13.9. The Bertz CT molecular complexity index is 554. The normalized spacial score (nSPS) is 13.5. The third-order valence-electron chi connectivity index (χ3n) is 2.79. The van der Waals surface area contributed by atoms with E-state index in [9.17, 15) is 13.2 Å². The molecule has 19 heavy (non-hydrogen) atoms. The van der Waals surface area contributed by atoms with Crippen LogP contribution >= 0.6 is 0 Å². The molecule has 1 atom stereocenters. The molecule has 0 aromatic heterocycles. The Morgan fingerprint density at radius 1 is 1.05 bits per heavy atom. The molecule has 5 heteroatoms. The van der Waals surface area contributed by atoms with Crippen LogP contribution in [0.4, 0.5) is 13.2 Å². The summed E-state index contributed by atoms with van der Waals surface area (Å²) in [6.07, 6.45) is -6.53. The van der Waals surface area contributed by atoms with E-state index >= 15 is 0 Å². The van der Waals surface area contributed by atoms with Crippen LogP contribution in [-0.2, 0) is 0 Å². The highest BCUT2D eigenvalue weighted by Gasteiger charge is 2.41. The zero-order valence-electron chi connectivity index (χ0n) is 10.2. The molecule has 1 unspecified atom stereocenters. The number of ether oxygens (including phenoxy) is 1. The van der Waals surface area contributed by atoms with E-state index < -0.39 is 12.3 Å². The first kappa shape index (κ1) is 13.7. The van der Waals surface area contributed by atoms with E-state index in [1.807, 2.05) is 24.3 Å². The molecule has 0 spiro atoms. The first-order valence-electron chi connectivity index (χ1n) is 5.93. The molecule has 0 heterocycles. The summed E-state index contributed by atoms with van der Waals surface area (Å²) < 4.78 is 43.2. The van der Waals surface area contributed by atoms with Crippen molar-refractivity contribution in [1.29, 1.82) is 0 Å². The molecule has 2 N–H and O–H groups in total. The van der Waals surface area contributed by atoms with Crippen molar-refractivity contribution >= 4 is 10.8 Å². The van der Waals surface area contributed by atoms with Crippen LogP contribution < -0.4 is 10.5 Å². The summed E-state index contributed by atoms with van der Waals surface area (Å²) in [7, 11) is 0. The fourth-order valence-corrected chi connectivity index (χ4v) is 1.85. The van der Waals surface area contributed by atoms with Gasteiger partial charge >= 0.3 is 6.18 Å². The minimum absolute atomic E-state index is 0.0717. The molecule has 0 aliphatic heterocycles. The van der Waals surface area contributed by atoms with Crippen molar-refractivity contribution in [1.82, 2.24) is 0 Å². The highest BCUT2D eigenvalue weighted by molar-refractivity contribution is 5.83. The molecular formula is C14H14F3NO. The van der Waals surface area contributed by atoms with Gasteiger partial charge in [-0.25, -0.2) is 0 Å². The molecule has 2 rings (SSSR count). The van der Waals surface area contributed by atoms with Gasteiger partial charge in [-0.1, -0.05) is 30.3 Å². The van der Waals surface area contributed by atoms with Crippen LogP contribution in [0.25, 0.3) is 10.8 Å². The SMILES string of the molecule is NCCC(Oc1ccc2ccccc2c1)C(F)(F)F. The van der Waals surface area contributed by atoms with E-state index in [2.05, 4.69) is 0 Å². The molecule has 0 radical (unpaired) electrons. The molecular weight excluding hydrogens is 255 g/mol. The summed E-state index contributed by atoms with van der Waals surface area (Å²) in [5.41, 5.74) is 5.19. The van der Waals surface area contributed by atoms with Gasteiger partial charge in [0, 0.05) is 6.42 Å². The lowest BCUT2D eigenvalue weighted by molar-refractivity contribution is -0.196. The Hall–Kier alpha value is -1.75. The number of rotatable bonds is 4. The van der Waals surface area contributed by atoms with Crippen molar-refractivity contribution in [2.45, 2.75) is 18.7 Å². The van der Waals surface area contributed by atoms with Gasteiger partial charge in [-0.2, -0.15) is 13.2 Å². The Balaban J connectivity index is 2.23. The summed E-state index contributed by atoms with van der Waals surface area (Å²) in [6.45, 7) is -0.0717. The van der Waals surface area contributed by atoms with Crippen LogP contribution in [0.2, 0.25) is 0 Å². The Morgan fingerprint density at radius 2 is 1.74 bits per heavy atom. The molecule has 0 amide bonds. The van der Waals surface area contributed by atoms with Crippen LogP contribution in [0, 0.1) is 0 Å². The van der Waals surface area contributed by atoms with Crippen LogP contribution in [0.1, 0.15) is 6.42 Å². The van der Waals surface area contributed by atoms with Gasteiger partial charge in [-0.05, 0) is 29.4 Å². The maximum Gasteiger partial charge on any atom is 0.425 e. The van der Waals surface area contributed by atoms with Gasteiger partial charge in [0.05, 0.1) is 0 Å². The van der Waals surface area contributed by atoms with Gasteiger partial charge < -0.3 is 10.5 Å². The summed E-state index contributed by atoms with van der Waals surface area (Å²) in [4.78, 5) is 0. The van der Waals surface area contributed by atoms with E-state index in [4.69, 9.17) is 10.5 Å². The highest BCUT2D eigenvalue weighted by Crippen LogP contribution is 2.28. The largest absolute Gasteiger partial charge is 0.481 e. The molecule has 0 bridgehead atoms. The lowest BCUT2D eigenvalue weighted by Gasteiger charge is -2.21. The number of fused-ring (bicyclic) bond motifs is 1. The molecule has 0 aliphatic rings. The summed E-state index contributed by atoms with van der Waals surface area (Å²) in [5.74, 6) is 0.203. The topological polar surface area (TPSA) is 35.2 Å². The van der Waals surface area contributed by atoms with Crippen LogP contribution in [-0.4, -0.2) is 18.8 Å². The van der Waals surface area contributed by atoms with Crippen LogP contribution in [0.5, 0.6) is 5.75 Å². The predicted octanol–water partition coefficient (Wildman–Crippen LogP) is 3.50. The molecule has 0 saturated heterocycles. The molecule has 2 aromatic rings. The van der Waals surface area contributed by atoms with Gasteiger partial charge in [-0.3, -0.25) is 0 Å². The molecule has 0 aliphatic carbocycles. The van der Waals surface area contributed by atoms with E-state index in [0.29, 0.717) is 0 Å². The smallest absolute Gasteiger partial charge is 0.425 e. The standard InChI is InChI=1S/C14H14F3NO/c15-14(16,17)13(7-8-18)19-12-6-5-10-3-1-2-4-11(10)9-12/h1-6,9,13H,7-8,18H2. The third kappa shape index (κ3) is 3.38. The lowest BCUT2D eigenvalue weighted by atomic mass is 10.1. The number of hydrogen-bond acceptors (Lipinski definition) is 2. The highest BCUT2D eigenvalue weighted by atomic mass is 19.4. The molecule has 2 nitrogen and oxygen atoms in total. The van der Waals surface area contributed by atoms with E-state index in [0.717, 1.165) is 10.8 Å². The molecule has 102 valence electrons. The van der Waals surface area contributed by atoms with Crippen molar-refractivity contribution in [3.63, 3.8) is 0 Å². The average Bonchev–Trinajstić information content (AvgIpc) is 2.37. The van der Waals surface area contributed by atoms with Gasteiger partial charge in [-0.15, -0.1) is 0 Å². The number of nitrogens with two attached hydrogens (primary N) is 1. The van der Waals surface area contributed by atoms with Crippen molar-refractivity contribution in [3.8, 4) is 5.75 Å². The number of benzene rings is 2. The summed E-state index contributed by atoms with van der Waals surface area (Å²) >= 11 is 0. The van der Waals surface area contributed by atoms with Crippen molar-refractivity contribution in [3.05, 3.63) is 42.5 Å². The predicted molar refractivity (Wildman–Crippen MR) is 68.1 cm³/mol. The first-order valence-corrected chi connectivity index (χ1v) is 5.93. The minimum Gasteiger partial charge on any atom is -0.481 e. The van der Waals surface area contributed by atoms with E-state index in [-0.39, 0.29) is 18.7 Å². The Kier molecular flexibility index (Phi) is 3.95. The summed E-state index contributed by atoms with van der Waals surface area (Å²) in [6, 6.07) is 12.3. The second kappa shape index (κ2) is 5.48. The Morgan fingerprint density at radius 3 is 2.37 bits per heavy atom. The number of hydrogen-bond donors (Lipinski definition) is 1. The average molecular weight is 269 g/mol. The van der Waals surface area contributed by atoms with Gasteiger partial charge in [0.15, 0.2) is 6.10 Å². The van der Waals surface area contributed by atoms with Crippen LogP contribution in [0.3, 0.4) is 0 Å². The second-order valence-electron chi connectivity index (χ2n) is 4.23. The fourth-order valence-electron chi connectivity index (χ4n) is 1.85. The lowest BCUT2D eigenvalue weighted by Crippen LogP contribution is -2.36. The fraction of sp³-hybridized carbons (Fsp3) is 0.286. The monoisotopic (exact) mass is 269 g/mol.